The molecule has 0 radical (unpaired) electrons. The first-order valence-electron chi connectivity index (χ1n) is 12.0. The summed E-state index contributed by atoms with van der Waals surface area (Å²) in [7, 11) is 0.236. The van der Waals surface area contributed by atoms with E-state index in [4.69, 9.17) is 0 Å². The first kappa shape index (κ1) is 30.1. The highest BCUT2D eigenvalue weighted by molar-refractivity contribution is 8.14. The zero-order valence-corrected chi connectivity index (χ0v) is 23.8. The summed E-state index contributed by atoms with van der Waals surface area (Å²) in [6.45, 7) is 1.09. The van der Waals surface area contributed by atoms with E-state index in [1.165, 1.54) is 56.1 Å². The van der Waals surface area contributed by atoms with Gasteiger partial charge in [0.25, 0.3) is 0 Å². The molecule has 208 valence electrons. The lowest BCUT2D eigenvalue weighted by molar-refractivity contribution is -0.136. The molecule has 39 heavy (non-hydrogen) atoms. The van der Waals surface area contributed by atoms with E-state index in [1.54, 1.807) is 36.4 Å². The van der Waals surface area contributed by atoms with E-state index in [-0.39, 0.29) is 24.6 Å². The lowest BCUT2D eigenvalue weighted by Crippen LogP contribution is -2.48. The SMILES string of the molecule is COC(=O)c1ccc(N(C)C(=O)CN(C)C(=O)C2CC(SC(C)=O)CN2S(=O)(=O)/C=C/c2ccccc2)cc1. The number of rotatable bonds is 9. The van der Waals surface area contributed by atoms with E-state index in [9.17, 15) is 27.6 Å². The molecular formula is C27H31N3O7S2. The highest BCUT2D eigenvalue weighted by Gasteiger charge is 2.44. The van der Waals surface area contributed by atoms with Gasteiger partial charge in [-0.2, -0.15) is 4.31 Å². The zero-order chi connectivity index (χ0) is 28.7. The minimum atomic E-state index is -4.01. The summed E-state index contributed by atoms with van der Waals surface area (Å²) >= 11 is 1.00. The first-order valence-corrected chi connectivity index (χ1v) is 14.4. The number of esters is 1. The number of ether oxygens (including phenoxy) is 1. The number of likely N-dealkylation sites (N-methyl/N-ethyl adjacent to an activating group) is 2. The number of carbonyl (C=O) groups is 4. The highest BCUT2D eigenvalue weighted by atomic mass is 32.2. The van der Waals surface area contributed by atoms with E-state index < -0.39 is 39.1 Å². The van der Waals surface area contributed by atoms with Crippen LogP contribution in [0.1, 0.15) is 29.3 Å². The van der Waals surface area contributed by atoms with Crippen molar-refractivity contribution in [2.24, 2.45) is 0 Å². The average Bonchev–Trinajstić information content (AvgIpc) is 3.35. The third-order valence-corrected chi connectivity index (χ3v) is 8.74. The van der Waals surface area contributed by atoms with Gasteiger partial charge >= 0.3 is 5.97 Å². The number of sulfonamides is 1. The van der Waals surface area contributed by atoms with E-state index in [2.05, 4.69) is 4.74 Å². The van der Waals surface area contributed by atoms with E-state index in [1.807, 2.05) is 6.07 Å². The van der Waals surface area contributed by atoms with Crippen molar-refractivity contribution < 1.29 is 32.3 Å². The predicted molar refractivity (Wildman–Crippen MR) is 150 cm³/mol. The summed E-state index contributed by atoms with van der Waals surface area (Å²) in [5.74, 6) is -1.46. The van der Waals surface area contributed by atoms with Crippen LogP contribution in [-0.4, -0.2) is 86.1 Å². The molecule has 1 aliphatic heterocycles. The molecule has 1 fully saturated rings. The van der Waals surface area contributed by atoms with Crippen molar-refractivity contribution in [1.29, 1.82) is 0 Å². The van der Waals surface area contributed by atoms with Gasteiger partial charge in [-0.15, -0.1) is 0 Å². The van der Waals surface area contributed by atoms with Crippen molar-refractivity contribution in [2.45, 2.75) is 24.6 Å². The molecule has 0 aromatic heterocycles. The Labute approximate surface area is 232 Å². The second-order valence-corrected chi connectivity index (χ2v) is 12.2. The van der Waals surface area contributed by atoms with Gasteiger partial charge in [0.05, 0.1) is 19.2 Å². The molecule has 1 aliphatic rings. The van der Waals surface area contributed by atoms with Gasteiger partial charge < -0.3 is 14.5 Å². The Balaban J connectivity index is 1.75. The molecule has 1 heterocycles. The molecule has 2 unspecified atom stereocenters. The minimum Gasteiger partial charge on any atom is -0.465 e. The van der Waals surface area contributed by atoms with Crippen LogP contribution in [0.2, 0.25) is 0 Å². The molecule has 2 aromatic carbocycles. The lowest BCUT2D eigenvalue weighted by Gasteiger charge is -2.27. The second-order valence-electron chi connectivity index (χ2n) is 9.00. The summed E-state index contributed by atoms with van der Waals surface area (Å²) in [6, 6.07) is 14.0. The molecule has 0 N–H and O–H groups in total. The molecule has 1 saturated heterocycles. The molecule has 2 atom stereocenters. The quantitative estimate of drug-likeness (QED) is 0.420. The van der Waals surface area contributed by atoms with Crippen molar-refractivity contribution in [3.8, 4) is 0 Å². The molecule has 3 rings (SSSR count). The Morgan fingerprint density at radius 2 is 1.69 bits per heavy atom. The van der Waals surface area contributed by atoms with Gasteiger partial charge in [-0.25, -0.2) is 13.2 Å². The fourth-order valence-corrected chi connectivity index (χ4v) is 6.61. The van der Waals surface area contributed by atoms with Crippen LogP contribution in [0.25, 0.3) is 6.08 Å². The lowest BCUT2D eigenvalue weighted by atomic mass is 10.2. The number of hydrogen-bond acceptors (Lipinski definition) is 8. The van der Waals surface area contributed by atoms with E-state index in [0.717, 1.165) is 21.5 Å². The first-order chi connectivity index (χ1) is 18.4. The smallest absolute Gasteiger partial charge is 0.337 e. The van der Waals surface area contributed by atoms with Gasteiger partial charge in [-0.3, -0.25) is 14.4 Å². The molecule has 0 aliphatic carbocycles. The maximum Gasteiger partial charge on any atom is 0.337 e. The number of nitrogens with zero attached hydrogens (tertiary/aromatic N) is 3. The molecule has 12 heteroatoms. The average molecular weight is 574 g/mol. The van der Waals surface area contributed by atoms with Crippen LogP contribution in [0.15, 0.2) is 60.0 Å². The summed E-state index contributed by atoms with van der Waals surface area (Å²) < 4.78 is 32.3. The van der Waals surface area contributed by atoms with E-state index >= 15 is 0 Å². The molecule has 0 saturated carbocycles. The summed E-state index contributed by atoms with van der Waals surface area (Å²) in [5, 5.41) is 0.491. The van der Waals surface area contributed by atoms with Crippen LogP contribution in [0, 0.1) is 0 Å². The Hall–Kier alpha value is -3.48. The van der Waals surface area contributed by atoms with Crippen molar-refractivity contribution in [3.63, 3.8) is 0 Å². The van der Waals surface area contributed by atoms with Crippen LogP contribution < -0.4 is 4.90 Å². The normalized spacial score (nSPS) is 17.6. The number of hydrogen-bond donors (Lipinski definition) is 0. The molecule has 0 spiro atoms. The maximum absolute atomic E-state index is 13.4. The van der Waals surface area contributed by atoms with Crippen molar-refractivity contribution in [3.05, 3.63) is 71.1 Å². The van der Waals surface area contributed by atoms with E-state index in [0.29, 0.717) is 16.8 Å². The number of benzene rings is 2. The van der Waals surface area contributed by atoms with Crippen molar-refractivity contribution >= 4 is 56.4 Å². The van der Waals surface area contributed by atoms with Crippen LogP contribution >= 0.6 is 11.8 Å². The van der Waals surface area contributed by atoms with Gasteiger partial charge in [0, 0.05) is 43.9 Å². The number of carbonyl (C=O) groups excluding carboxylic acids is 4. The molecule has 10 nitrogen and oxygen atoms in total. The Morgan fingerprint density at radius 3 is 2.28 bits per heavy atom. The Morgan fingerprint density at radius 1 is 1.05 bits per heavy atom. The number of amides is 2. The number of thioether (sulfide) groups is 1. The van der Waals surface area contributed by atoms with Gasteiger partial charge in [0.1, 0.15) is 6.04 Å². The summed E-state index contributed by atoms with van der Waals surface area (Å²) in [6.07, 6.45) is 1.60. The summed E-state index contributed by atoms with van der Waals surface area (Å²) in [5.41, 5.74) is 1.52. The van der Waals surface area contributed by atoms with Crippen LogP contribution in [-0.2, 0) is 29.1 Å². The van der Waals surface area contributed by atoms with Crippen molar-refractivity contribution in [1.82, 2.24) is 9.21 Å². The maximum atomic E-state index is 13.4. The van der Waals surface area contributed by atoms with Gasteiger partial charge in [-0.05, 0) is 42.3 Å². The van der Waals surface area contributed by atoms with Crippen LogP contribution in [0.5, 0.6) is 0 Å². The largest absolute Gasteiger partial charge is 0.465 e. The Kier molecular flexibility index (Phi) is 10.1. The topological polar surface area (TPSA) is 121 Å². The Bertz CT molecular complexity index is 1350. The van der Waals surface area contributed by atoms with Gasteiger partial charge in [0.15, 0.2) is 5.12 Å². The molecule has 0 bridgehead atoms. The van der Waals surface area contributed by atoms with Gasteiger partial charge in [-0.1, -0.05) is 42.1 Å². The van der Waals surface area contributed by atoms with Crippen LogP contribution in [0.3, 0.4) is 0 Å². The third-order valence-electron chi connectivity index (χ3n) is 6.19. The van der Waals surface area contributed by atoms with Gasteiger partial charge in [0.2, 0.25) is 21.8 Å². The standard InChI is InChI=1S/C27H31N3O7S2/c1-19(31)38-23-16-24(30(17-23)39(35,36)15-14-20-8-6-5-7-9-20)26(33)28(2)18-25(32)29(3)22-12-10-21(11-13-22)27(34)37-4/h5-15,23-24H,16-18H2,1-4H3/b15-14+. The summed E-state index contributed by atoms with van der Waals surface area (Å²) in [4.78, 5) is 52.3. The molecule has 2 amide bonds. The molecular weight excluding hydrogens is 542 g/mol. The predicted octanol–water partition coefficient (Wildman–Crippen LogP) is 2.62. The monoisotopic (exact) mass is 573 g/mol. The molecule has 2 aromatic rings. The number of methoxy groups -OCH3 is 1. The fourth-order valence-electron chi connectivity index (χ4n) is 4.13. The highest BCUT2D eigenvalue weighted by Crippen LogP contribution is 2.32. The fraction of sp³-hybridized carbons (Fsp3) is 0.333. The number of anilines is 1. The second kappa shape index (κ2) is 13.0. The zero-order valence-electron chi connectivity index (χ0n) is 22.1. The van der Waals surface area contributed by atoms with Crippen LogP contribution in [0.4, 0.5) is 5.69 Å². The minimum absolute atomic E-state index is 0.00362. The van der Waals surface area contributed by atoms with Crippen molar-refractivity contribution in [2.75, 3.05) is 39.2 Å². The third kappa shape index (κ3) is 7.78.